The lowest BCUT2D eigenvalue weighted by atomic mass is 10.0. The Bertz CT molecular complexity index is 916. The van der Waals surface area contributed by atoms with E-state index in [0.29, 0.717) is 0 Å². The molecule has 0 saturated heterocycles. The molecule has 0 radical (unpaired) electrons. The summed E-state index contributed by atoms with van der Waals surface area (Å²) in [6.45, 7) is -0.558. The van der Waals surface area contributed by atoms with Crippen molar-refractivity contribution in [3.8, 4) is 0 Å². The normalized spacial score (nSPS) is 10.1. The number of anilines is 1. The number of nitrogens with two attached hydrogens (primary N) is 1. The van der Waals surface area contributed by atoms with E-state index in [-0.39, 0.29) is 40.6 Å². The van der Waals surface area contributed by atoms with Crippen molar-refractivity contribution < 1.29 is 19.3 Å². The third kappa shape index (κ3) is 5.09. The number of halogens is 1. The van der Waals surface area contributed by atoms with Crippen LogP contribution in [0.2, 0.25) is 5.02 Å². The molecule has 10 heteroatoms. The number of nitrogens with zero attached hydrogens (tertiary/aromatic N) is 1. The Morgan fingerprint density at radius 1 is 1.07 bits per heavy atom. The molecule has 2 aromatic carbocycles. The van der Waals surface area contributed by atoms with Crippen LogP contribution < -0.4 is 16.4 Å². The molecule has 2 rings (SSSR count). The average molecular weight is 391 g/mol. The van der Waals surface area contributed by atoms with Gasteiger partial charge in [0.1, 0.15) is 0 Å². The summed E-state index contributed by atoms with van der Waals surface area (Å²) >= 11 is 6.00. The van der Waals surface area contributed by atoms with Gasteiger partial charge in [0.05, 0.1) is 28.7 Å². The standard InChI is InChI=1S/C17H15ClN4O5/c18-13-7-10(22(26)27)5-6-11(13)17(25)12-3-1-2-4-14(12)21-16(24)9-20-15(23)8-19/h1-7H,8-9,19H2,(H,20,23)(H,21,24). The Hall–Kier alpha value is -3.30. The van der Waals surface area contributed by atoms with Gasteiger partial charge in [-0.1, -0.05) is 23.7 Å². The van der Waals surface area contributed by atoms with Crippen molar-refractivity contribution in [2.45, 2.75) is 0 Å². The maximum atomic E-state index is 12.8. The largest absolute Gasteiger partial charge is 0.346 e. The Kier molecular flexibility index (Phi) is 6.58. The third-order valence-electron chi connectivity index (χ3n) is 3.49. The number of ketones is 1. The van der Waals surface area contributed by atoms with E-state index in [1.807, 2.05) is 0 Å². The van der Waals surface area contributed by atoms with Crippen LogP contribution in [0.15, 0.2) is 42.5 Å². The van der Waals surface area contributed by atoms with E-state index in [9.17, 15) is 24.5 Å². The molecule has 0 heterocycles. The highest BCUT2D eigenvalue weighted by molar-refractivity contribution is 6.35. The fourth-order valence-corrected chi connectivity index (χ4v) is 2.44. The van der Waals surface area contributed by atoms with Gasteiger partial charge in [-0.15, -0.1) is 0 Å². The van der Waals surface area contributed by atoms with Gasteiger partial charge in [0.25, 0.3) is 5.69 Å². The molecule has 2 amide bonds. The summed E-state index contributed by atoms with van der Waals surface area (Å²) in [5, 5.41) is 15.5. The molecule has 140 valence electrons. The Morgan fingerprint density at radius 2 is 1.78 bits per heavy atom. The second-order valence-electron chi connectivity index (χ2n) is 5.32. The van der Waals surface area contributed by atoms with E-state index < -0.39 is 22.5 Å². The summed E-state index contributed by atoms with van der Waals surface area (Å²) in [5.41, 5.74) is 5.31. The molecule has 0 spiro atoms. The van der Waals surface area contributed by atoms with E-state index in [0.717, 1.165) is 6.07 Å². The summed E-state index contributed by atoms with van der Waals surface area (Å²) in [7, 11) is 0. The quantitative estimate of drug-likeness (QED) is 0.371. The SMILES string of the molecule is NCC(=O)NCC(=O)Nc1ccccc1C(=O)c1ccc([N+](=O)[O-])cc1Cl. The van der Waals surface area contributed by atoms with Crippen molar-refractivity contribution in [3.63, 3.8) is 0 Å². The second kappa shape index (κ2) is 8.88. The van der Waals surface area contributed by atoms with Gasteiger partial charge in [-0.05, 0) is 18.2 Å². The van der Waals surface area contributed by atoms with Gasteiger partial charge in [-0.3, -0.25) is 24.5 Å². The van der Waals surface area contributed by atoms with Crippen molar-refractivity contribution in [2.24, 2.45) is 5.73 Å². The molecule has 0 aliphatic heterocycles. The third-order valence-corrected chi connectivity index (χ3v) is 3.80. The zero-order valence-electron chi connectivity index (χ0n) is 13.9. The molecule has 2 aromatic rings. The minimum Gasteiger partial charge on any atom is -0.346 e. The van der Waals surface area contributed by atoms with Crippen LogP contribution in [0.1, 0.15) is 15.9 Å². The van der Waals surface area contributed by atoms with E-state index in [2.05, 4.69) is 10.6 Å². The van der Waals surface area contributed by atoms with Crippen LogP contribution in [0.25, 0.3) is 0 Å². The molecule has 0 aliphatic carbocycles. The zero-order valence-corrected chi connectivity index (χ0v) is 14.7. The zero-order chi connectivity index (χ0) is 20.0. The minimum absolute atomic E-state index is 0.0559. The summed E-state index contributed by atoms with van der Waals surface area (Å²) in [6, 6.07) is 9.70. The molecular formula is C17H15ClN4O5. The summed E-state index contributed by atoms with van der Waals surface area (Å²) in [5.74, 6) is -1.56. The van der Waals surface area contributed by atoms with Crippen LogP contribution in [-0.4, -0.2) is 35.6 Å². The average Bonchev–Trinajstić information content (AvgIpc) is 2.65. The first-order valence-electron chi connectivity index (χ1n) is 7.67. The monoisotopic (exact) mass is 390 g/mol. The molecule has 0 atom stereocenters. The van der Waals surface area contributed by atoms with Crippen LogP contribution in [-0.2, 0) is 9.59 Å². The first kappa shape index (κ1) is 20.0. The highest BCUT2D eigenvalue weighted by Crippen LogP contribution is 2.27. The number of non-ortho nitro benzene ring substituents is 1. The highest BCUT2D eigenvalue weighted by atomic mass is 35.5. The highest BCUT2D eigenvalue weighted by Gasteiger charge is 2.19. The molecule has 9 nitrogen and oxygen atoms in total. The van der Waals surface area contributed by atoms with Gasteiger partial charge in [0, 0.05) is 23.3 Å². The number of carbonyl (C=O) groups excluding carboxylic acids is 3. The number of nitrogens with one attached hydrogen (secondary N) is 2. The molecule has 0 fully saturated rings. The lowest BCUT2D eigenvalue weighted by molar-refractivity contribution is -0.384. The smallest absolute Gasteiger partial charge is 0.270 e. The molecule has 0 aromatic heterocycles. The summed E-state index contributed by atoms with van der Waals surface area (Å²) < 4.78 is 0. The Balaban J connectivity index is 2.24. The number of para-hydroxylation sites is 1. The predicted molar refractivity (Wildman–Crippen MR) is 98.7 cm³/mol. The number of carbonyl (C=O) groups is 3. The molecular weight excluding hydrogens is 376 g/mol. The Labute approximate surface area is 158 Å². The first-order valence-corrected chi connectivity index (χ1v) is 8.05. The summed E-state index contributed by atoms with van der Waals surface area (Å²) in [4.78, 5) is 46.0. The van der Waals surface area contributed by atoms with Crippen LogP contribution >= 0.6 is 11.6 Å². The number of benzene rings is 2. The van der Waals surface area contributed by atoms with E-state index in [1.54, 1.807) is 12.1 Å². The van der Waals surface area contributed by atoms with Gasteiger partial charge >= 0.3 is 0 Å². The van der Waals surface area contributed by atoms with E-state index >= 15 is 0 Å². The van der Waals surface area contributed by atoms with Crippen LogP contribution in [0.5, 0.6) is 0 Å². The number of amides is 2. The number of hydrogen-bond donors (Lipinski definition) is 3. The number of nitro groups is 1. The summed E-state index contributed by atoms with van der Waals surface area (Å²) in [6.07, 6.45) is 0. The fraction of sp³-hybridized carbons (Fsp3) is 0.118. The van der Waals surface area contributed by atoms with Gasteiger partial charge < -0.3 is 16.4 Å². The van der Waals surface area contributed by atoms with Gasteiger partial charge in [0.2, 0.25) is 11.8 Å². The van der Waals surface area contributed by atoms with Crippen LogP contribution in [0, 0.1) is 10.1 Å². The Morgan fingerprint density at radius 3 is 2.41 bits per heavy atom. The minimum atomic E-state index is -0.621. The maximum Gasteiger partial charge on any atom is 0.270 e. The number of rotatable bonds is 7. The van der Waals surface area contributed by atoms with Gasteiger partial charge in [-0.2, -0.15) is 0 Å². The maximum absolute atomic E-state index is 12.8. The lowest BCUT2D eigenvalue weighted by Crippen LogP contribution is -2.36. The van der Waals surface area contributed by atoms with Crippen LogP contribution in [0.3, 0.4) is 0 Å². The lowest BCUT2D eigenvalue weighted by Gasteiger charge is -2.11. The molecule has 0 saturated carbocycles. The van der Waals surface area contributed by atoms with E-state index in [1.165, 1.54) is 24.3 Å². The van der Waals surface area contributed by atoms with E-state index in [4.69, 9.17) is 17.3 Å². The second-order valence-corrected chi connectivity index (χ2v) is 5.73. The van der Waals surface area contributed by atoms with Gasteiger partial charge in [-0.25, -0.2) is 0 Å². The molecule has 4 N–H and O–H groups in total. The van der Waals surface area contributed by atoms with Crippen molar-refractivity contribution in [1.82, 2.24) is 5.32 Å². The van der Waals surface area contributed by atoms with Crippen molar-refractivity contribution >= 4 is 40.6 Å². The number of nitro benzene ring substituents is 1. The predicted octanol–water partition coefficient (Wildman–Crippen LogP) is 1.49. The van der Waals surface area contributed by atoms with Crippen molar-refractivity contribution in [1.29, 1.82) is 0 Å². The van der Waals surface area contributed by atoms with Crippen molar-refractivity contribution in [3.05, 3.63) is 68.7 Å². The molecule has 27 heavy (non-hydrogen) atoms. The molecule has 0 unspecified atom stereocenters. The fourth-order valence-electron chi connectivity index (χ4n) is 2.18. The van der Waals surface area contributed by atoms with Crippen LogP contribution in [0.4, 0.5) is 11.4 Å². The number of hydrogen-bond acceptors (Lipinski definition) is 6. The molecule has 0 bridgehead atoms. The van der Waals surface area contributed by atoms with Gasteiger partial charge in [0.15, 0.2) is 5.78 Å². The van der Waals surface area contributed by atoms with Crippen molar-refractivity contribution in [2.75, 3.05) is 18.4 Å². The first-order chi connectivity index (χ1) is 12.8. The molecule has 0 aliphatic rings. The topological polar surface area (TPSA) is 144 Å².